The lowest BCUT2D eigenvalue weighted by Gasteiger charge is -2.32. The van der Waals surface area contributed by atoms with Gasteiger partial charge in [-0.25, -0.2) is 0 Å². The molecular formula is C45H44N4O9Si. The first-order valence-electron chi connectivity index (χ1n) is 19.5. The second kappa shape index (κ2) is 15.5. The first-order valence-corrected chi connectivity index (χ1v) is 22.6. The van der Waals surface area contributed by atoms with E-state index in [0.717, 1.165) is 5.56 Å². The molecule has 3 aliphatic rings. The minimum Gasteiger partial charge on any atom is -0.454 e. The summed E-state index contributed by atoms with van der Waals surface area (Å²) in [5, 5.41) is 22.0. The van der Waals surface area contributed by atoms with Crippen LogP contribution in [0.3, 0.4) is 0 Å². The molecular weight excluding hydrogens is 769 g/mol. The number of carbonyl (C=O) groups is 3. The predicted molar refractivity (Wildman–Crippen MR) is 223 cm³/mol. The van der Waals surface area contributed by atoms with Gasteiger partial charge in [0.15, 0.2) is 19.7 Å². The van der Waals surface area contributed by atoms with Crippen molar-refractivity contribution in [2.45, 2.75) is 56.8 Å². The molecule has 13 nitrogen and oxygen atoms in total. The molecule has 0 aromatic heterocycles. The quantitative estimate of drug-likeness (QED) is 0.0785. The molecule has 0 aliphatic carbocycles. The van der Waals surface area contributed by atoms with Crippen molar-refractivity contribution in [1.29, 1.82) is 0 Å². The fourth-order valence-electron chi connectivity index (χ4n) is 9.05. The summed E-state index contributed by atoms with van der Waals surface area (Å²) in [6, 6.07) is 35.2. The van der Waals surface area contributed by atoms with Crippen LogP contribution >= 0.6 is 0 Å². The van der Waals surface area contributed by atoms with Crippen LogP contribution in [-0.4, -0.2) is 65.0 Å². The number of nitro groups is 1. The smallest absolute Gasteiger partial charge is 0.269 e. The fourth-order valence-corrected chi connectivity index (χ4v) is 11.6. The molecule has 0 bridgehead atoms. The number of fused-ring (bicyclic) bond motifs is 4. The molecule has 3 heterocycles. The highest BCUT2D eigenvalue weighted by molar-refractivity contribution is 6.71. The minimum absolute atomic E-state index is 0.0633. The first kappa shape index (κ1) is 39.6. The third-order valence-corrected chi connectivity index (χ3v) is 14.2. The van der Waals surface area contributed by atoms with E-state index in [-0.39, 0.29) is 50.2 Å². The Kier molecular flexibility index (Phi) is 10.4. The number of hydrogen-bond acceptors (Lipinski definition) is 9. The first-order chi connectivity index (χ1) is 28.3. The average molecular weight is 813 g/mol. The van der Waals surface area contributed by atoms with E-state index in [1.54, 1.807) is 65.4 Å². The van der Waals surface area contributed by atoms with Crippen LogP contribution in [0.1, 0.15) is 40.4 Å². The largest absolute Gasteiger partial charge is 0.454 e. The van der Waals surface area contributed by atoms with E-state index in [1.165, 1.54) is 17.0 Å². The summed E-state index contributed by atoms with van der Waals surface area (Å²) in [6.45, 7) is 5.43. The summed E-state index contributed by atoms with van der Waals surface area (Å²) >= 11 is 0. The van der Waals surface area contributed by atoms with E-state index in [4.69, 9.17) is 9.47 Å². The number of aliphatic hydroxyl groups excluding tert-OH is 1. The van der Waals surface area contributed by atoms with E-state index in [9.17, 15) is 29.6 Å². The summed E-state index contributed by atoms with van der Waals surface area (Å²) in [5.74, 6) is -0.748. The Hall–Kier alpha value is -6.19. The van der Waals surface area contributed by atoms with E-state index in [2.05, 4.69) is 0 Å². The Bertz CT molecular complexity index is 2440. The number of anilines is 3. The van der Waals surface area contributed by atoms with Gasteiger partial charge in [-0.05, 0) is 66.7 Å². The lowest BCUT2D eigenvalue weighted by Crippen LogP contribution is -2.46. The number of amides is 3. The van der Waals surface area contributed by atoms with E-state index >= 15 is 4.79 Å². The standard InChI is InChI=1S/C45H44N4O9Si/c1-29-42(59(2,3)56)40(26-41(51)46(23-24-50)27-30-11-5-4-6-12-30)58-45(29)35-25-33(49(54)55)21-22-36(35)47(44(45)53)28-31-17-19-32(20-18-31)48-37-14-8-10-16-39(37)57-38-15-9-7-13-34(38)43(48)52/h4-22,25,29,40,42,50,56H,23-24,26-28H2,1-3H3/t29-,40+,42-,45+/m1/s1. The molecule has 302 valence electrons. The summed E-state index contributed by atoms with van der Waals surface area (Å²) < 4.78 is 13.0. The van der Waals surface area contributed by atoms with Crippen LogP contribution in [0.5, 0.6) is 11.5 Å². The number of ether oxygens (including phenoxy) is 2. The maximum atomic E-state index is 15.1. The lowest BCUT2D eigenvalue weighted by atomic mass is 9.82. The van der Waals surface area contributed by atoms with Crippen molar-refractivity contribution >= 4 is 48.8 Å². The zero-order valence-electron chi connectivity index (χ0n) is 32.9. The Morgan fingerprint density at radius 1 is 0.881 bits per heavy atom. The predicted octanol–water partition coefficient (Wildman–Crippen LogP) is 7.43. The maximum absolute atomic E-state index is 15.1. The van der Waals surface area contributed by atoms with Crippen LogP contribution < -0.4 is 14.5 Å². The van der Waals surface area contributed by atoms with Crippen molar-refractivity contribution in [3.8, 4) is 11.5 Å². The van der Waals surface area contributed by atoms with Gasteiger partial charge in [-0.2, -0.15) is 0 Å². The van der Waals surface area contributed by atoms with Crippen molar-refractivity contribution in [1.82, 2.24) is 4.90 Å². The number of nitro benzene ring substituents is 1. The molecule has 4 atom stereocenters. The zero-order chi connectivity index (χ0) is 41.6. The van der Waals surface area contributed by atoms with Gasteiger partial charge in [0.2, 0.25) is 5.91 Å². The molecule has 5 aromatic rings. The number of non-ortho nitro benzene ring substituents is 1. The van der Waals surface area contributed by atoms with Crippen LogP contribution in [0, 0.1) is 16.0 Å². The van der Waals surface area contributed by atoms with Crippen LogP contribution in [0.4, 0.5) is 22.7 Å². The summed E-state index contributed by atoms with van der Waals surface area (Å²) in [6.07, 6.45) is -1.08. The number of rotatable bonds is 11. The van der Waals surface area contributed by atoms with Crippen LogP contribution in [0.15, 0.2) is 121 Å². The Labute approximate surface area is 342 Å². The van der Waals surface area contributed by atoms with Gasteiger partial charge in [-0.3, -0.25) is 29.4 Å². The van der Waals surface area contributed by atoms with Crippen LogP contribution in [-0.2, 0) is 33.0 Å². The number of hydrogen-bond donors (Lipinski definition) is 2. The molecule has 0 unspecified atom stereocenters. The van der Waals surface area contributed by atoms with Gasteiger partial charge in [-0.15, -0.1) is 0 Å². The minimum atomic E-state index is -3.19. The highest BCUT2D eigenvalue weighted by Gasteiger charge is 2.66. The Morgan fingerprint density at radius 3 is 2.25 bits per heavy atom. The summed E-state index contributed by atoms with van der Waals surface area (Å²) in [4.78, 5) is 71.2. The van der Waals surface area contributed by atoms with Gasteiger partial charge in [0, 0.05) is 47.9 Å². The molecule has 59 heavy (non-hydrogen) atoms. The SMILES string of the molecule is C[C@@H]1[C@@H]([Si](C)(C)O)[C@H](CC(=O)N(CCO)Cc2ccccc2)O[C@@]12C(=O)N(Cc1ccc(N3C(=O)c4ccccc4Oc4ccccc43)cc1)c1ccc([N+](=O)[O-])cc12. The number of para-hydroxylation sites is 3. The maximum Gasteiger partial charge on any atom is 0.269 e. The number of aliphatic hydroxyl groups is 1. The van der Waals surface area contributed by atoms with Gasteiger partial charge < -0.3 is 29.2 Å². The van der Waals surface area contributed by atoms with Crippen molar-refractivity contribution in [3.05, 3.63) is 154 Å². The van der Waals surface area contributed by atoms with E-state index in [0.29, 0.717) is 45.3 Å². The summed E-state index contributed by atoms with van der Waals surface area (Å²) in [7, 11) is -3.19. The van der Waals surface area contributed by atoms with Crippen LogP contribution in [0.25, 0.3) is 0 Å². The van der Waals surface area contributed by atoms with E-state index in [1.807, 2.05) is 73.7 Å². The normalized spacial score (nSPS) is 20.8. The Balaban J connectivity index is 1.12. The van der Waals surface area contributed by atoms with Crippen molar-refractivity contribution < 1.29 is 38.7 Å². The van der Waals surface area contributed by atoms with Gasteiger partial charge in [0.25, 0.3) is 17.5 Å². The van der Waals surface area contributed by atoms with Gasteiger partial charge in [-0.1, -0.05) is 73.7 Å². The fraction of sp³-hybridized carbons (Fsp3) is 0.267. The molecule has 5 aromatic carbocycles. The molecule has 14 heteroatoms. The van der Waals surface area contributed by atoms with Crippen molar-refractivity contribution in [2.75, 3.05) is 23.0 Å². The van der Waals surface area contributed by atoms with Gasteiger partial charge >= 0.3 is 0 Å². The average Bonchev–Trinajstić information content (AvgIpc) is 3.59. The van der Waals surface area contributed by atoms with Gasteiger partial charge in [0.1, 0.15) is 5.75 Å². The zero-order valence-corrected chi connectivity index (χ0v) is 33.9. The van der Waals surface area contributed by atoms with E-state index < -0.39 is 42.3 Å². The third-order valence-electron chi connectivity index (χ3n) is 11.7. The lowest BCUT2D eigenvalue weighted by molar-refractivity contribution is -0.385. The third kappa shape index (κ3) is 7.07. The molecule has 3 amide bonds. The Morgan fingerprint density at radius 2 is 1.56 bits per heavy atom. The second-order valence-electron chi connectivity index (χ2n) is 15.8. The molecule has 1 spiro atoms. The van der Waals surface area contributed by atoms with Crippen LogP contribution in [0.2, 0.25) is 18.6 Å². The summed E-state index contributed by atoms with van der Waals surface area (Å²) in [5.41, 5.74) is 1.29. The topological polar surface area (TPSA) is 163 Å². The number of carbonyl (C=O) groups excluding carboxylic acids is 3. The molecule has 1 saturated heterocycles. The molecule has 2 N–H and O–H groups in total. The molecule has 8 rings (SSSR count). The second-order valence-corrected chi connectivity index (χ2v) is 19.8. The molecule has 1 fully saturated rings. The molecule has 0 saturated carbocycles. The highest BCUT2D eigenvalue weighted by atomic mass is 28.4. The monoisotopic (exact) mass is 812 g/mol. The number of benzene rings is 5. The number of nitrogens with zero attached hydrogens (tertiary/aromatic N) is 4. The van der Waals surface area contributed by atoms with Crippen molar-refractivity contribution in [2.24, 2.45) is 5.92 Å². The molecule has 3 aliphatic heterocycles. The van der Waals surface area contributed by atoms with Crippen molar-refractivity contribution in [3.63, 3.8) is 0 Å². The van der Waals surface area contributed by atoms with Gasteiger partial charge in [0.05, 0.1) is 47.5 Å². The molecule has 0 radical (unpaired) electrons. The highest BCUT2D eigenvalue weighted by Crippen LogP contribution is 2.60.